The van der Waals surface area contributed by atoms with Crippen molar-refractivity contribution in [3.63, 3.8) is 0 Å². The van der Waals surface area contributed by atoms with Gasteiger partial charge in [0.1, 0.15) is 5.82 Å². The van der Waals surface area contributed by atoms with Gasteiger partial charge >= 0.3 is 0 Å². The predicted molar refractivity (Wildman–Crippen MR) is 77.9 cm³/mol. The summed E-state index contributed by atoms with van der Waals surface area (Å²) in [6, 6.07) is 7.65. The number of benzene rings is 1. The zero-order chi connectivity index (χ0) is 13.7. The molecule has 0 radical (unpaired) electrons. The molecule has 0 amide bonds. The van der Waals surface area contributed by atoms with E-state index in [0.717, 1.165) is 25.2 Å². The fourth-order valence-electron chi connectivity index (χ4n) is 2.76. The van der Waals surface area contributed by atoms with Gasteiger partial charge in [0.15, 0.2) is 0 Å². The second kappa shape index (κ2) is 6.49. The van der Waals surface area contributed by atoms with E-state index in [1.807, 2.05) is 12.1 Å². The van der Waals surface area contributed by atoms with Gasteiger partial charge in [-0.15, -0.1) is 0 Å². The molecular formula is C16H25FN2. The average molecular weight is 264 g/mol. The molecule has 0 spiro atoms. The maximum Gasteiger partial charge on any atom is 0.126 e. The Kier molecular flexibility index (Phi) is 4.94. The smallest absolute Gasteiger partial charge is 0.126 e. The van der Waals surface area contributed by atoms with Gasteiger partial charge in [-0.05, 0) is 31.0 Å². The van der Waals surface area contributed by atoms with Gasteiger partial charge in [0, 0.05) is 24.5 Å². The largest absolute Gasteiger partial charge is 0.314 e. The van der Waals surface area contributed by atoms with Crippen LogP contribution in [0.1, 0.15) is 38.7 Å². The number of nitrogens with one attached hydrogen (secondary N) is 2. The molecule has 3 heteroatoms. The Morgan fingerprint density at radius 1 is 1.32 bits per heavy atom. The Bertz CT molecular complexity index is 397. The van der Waals surface area contributed by atoms with Crippen molar-refractivity contribution in [2.24, 2.45) is 0 Å². The number of hydrogen-bond donors (Lipinski definition) is 2. The monoisotopic (exact) mass is 264 g/mol. The lowest BCUT2D eigenvalue weighted by atomic mass is 9.84. The molecule has 1 heterocycles. The fourth-order valence-corrected chi connectivity index (χ4v) is 2.76. The fraction of sp³-hybridized carbons (Fsp3) is 0.625. The molecule has 1 aromatic carbocycles. The first kappa shape index (κ1) is 14.5. The summed E-state index contributed by atoms with van der Waals surface area (Å²) in [5.41, 5.74) is 0.610. The molecule has 0 saturated carbocycles. The molecule has 1 aromatic rings. The lowest BCUT2D eigenvalue weighted by molar-refractivity contribution is 0.363. The summed E-state index contributed by atoms with van der Waals surface area (Å²) in [7, 11) is 0. The normalized spacial score (nSPS) is 20.5. The summed E-state index contributed by atoms with van der Waals surface area (Å²) in [4.78, 5) is 0. The molecule has 0 aliphatic carbocycles. The zero-order valence-electron chi connectivity index (χ0n) is 12.0. The Labute approximate surface area is 115 Å². The first-order valence-electron chi connectivity index (χ1n) is 7.29. The Morgan fingerprint density at radius 2 is 2.11 bits per heavy atom. The van der Waals surface area contributed by atoms with E-state index < -0.39 is 0 Å². The third-order valence-electron chi connectivity index (χ3n) is 3.97. The molecule has 1 unspecified atom stereocenters. The van der Waals surface area contributed by atoms with Crippen molar-refractivity contribution in [1.29, 1.82) is 0 Å². The van der Waals surface area contributed by atoms with Crippen molar-refractivity contribution in [3.8, 4) is 0 Å². The molecular weight excluding hydrogens is 239 g/mol. The zero-order valence-corrected chi connectivity index (χ0v) is 12.0. The standard InChI is InChI=1S/C16H25FN2/c1-16(2,14-8-3-4-9-15(14)17)12-18-11-13-7-5-6-10-19-13/h3-4,8-9,13,18-19H,5-7,10-12H2,1-2H3. The van der Waals surface area contributed by atoms with Crippen LogP contribution in [0.15, 0.2) is 24.3 Å². The average Bonchev–Trinajstić information content (AvgIpc) is 2.40. The second-order valence-electron chi connectivity index (χ2n) is 6.14. The number of piperidine rings is 1. The van der Waals surface area contributed by atoms with Crippen molar-refractivity contribution < 1.29 is 4.39 Å². The van der Waals surface area contributed by atoms with Gasteiger partial charge in [-0.3, -0.25) is 0 Å². The van der Waals surface area contributed by atoms with Crippen LogP contribution < -0.4 is 10.6 Å². The van der Waals surface area contributed by atoms with Gasteiger partial charge < -0.3 is 10.6 Å². The highest BCUT2D eigenvalue weighted by Gasteiger charge is 2.24. The van der Waals surface area contributed by atoms with E-state index in [9.17, 15) is 4.39 Å². The first-order valence-corrected chi connectivity index (χ1v) is 7.29. The molecule has 0 bridgehead atoms. The highest BCUT2D eigenvalue weighted by Crippen LogP contribution is 2.24. The van der Waals surface area contributed by atoms with Gasteiger partial charge in [0.25, 0.3) is 0 Å². The maximum atomic E-state index is 13.8. The summed E-state index contributed by atoms with van der Waals surface area (Å²) in [5.74, 6) is -0.106. The maximum absolute atomic E-state index is 13.8. The van der Waals surface area contributed by atoms with Crippen LogP contribution in [-0.2, 0) is 5.41 Å². The van der Waals surface area contributed by atoms with Gasteiger partial charge in [-0.2, -0.15) is 0 Å². The van der Waals surface area contributed by atoms with Crippen LogP contribution in [0.5, 0.6) is 0 Å². The van der Waals surface area contributed by atoms with E-state index >= 15 is 0 Å². The van der Waals surface area contributed by atoms with Crippen LogP contribution in [0.4, 0.5) is 4.39 Å². The third-order valence-corrected chi connectivity index (χ3v) is 3.97. The minimum absolute atomic E-state index is 0.106. The summed E-state index contributed by atoms with van der Waals surface area (Å²) >= 11 is 0. The van der Waals surface area contributed by atoms with Crippen LogP contribution in [0.3, 0.4) is 0 Å². The Balaban J connectivity index is 1.85. The molecule has 1 saturated heterocycles. The number of halogens is 1. The molecule has 1 fully saturated rings. The summed E-state index contributed by atoms with van der Waals surface area (Å²) in [6.07, 6.45) is 3.85. The molecule has 1 aliphatic rings. The molecule has 2 nitrogen and oxygen atoms in total. The molecule has 19 heavy (non-hydrogen) atoms. The van der Waals surface area contributed by atoms with Crippen molar-refractivity contribution in [2.75, 3.05) is 19.6 Å². The van der Waals surface area contributed by atoms with E-state index in [-0.39, 0.29) is 11.2 Å². The summed E-state index contributed by atoms with van der Waals surface area (Å²) < 4.78 is 13.8. The molecule has 0 aromatic heterocycles. The van der Waals surface area contributed by atoms with E-state index in [2.05, 4.69) is 24.5 Å². The first-order chi connectivity index (χ1) is 9.09. The highest BCUT2D eigenvalue weighted by molar-refractivity contribution is 5.25. The Morgan fingerprint density at radius 3 is 2.79 bits per heavy atom. The molecule has 2 N–H and O–H groups in total. The quantitative estimate of drug-likeness (QED) is 0.854. The number of hydrogen-bond acceptors (Lipinski definition) is 2. The van der Waals surface area contributed by atoms with E-state index in [1.165, 1.54) is 19.3 Å². The number of rotatable bonds is 5. The molecule has 2 rings (SSSR count). The lowest BCUT2D eigenvalue weighted by Gasteiger charge is -2.29. The van der Waals surface area contributed by atoms with Gasteiger partial charge in [0.2, 0.25) is 0 Å². The third kappa shape index (κ3) is 4.02. The molecule has 1 aliphatic heterocycles. The second-order valence-corrected chi connectivity index (χ2v) is 6.14. The van der Waals surface area contributed by atoms with Crippen LogP contribution in [0.2, 0.25) is 0 Å². The van der Waals surface area contributed by atoms with Crippen molar-refractivity contribution in [2.45, 2.75) is 44.6 Å². The Hall–Kier alpha value is -0.930. The highest BCUT2D eigenvalue weighted by atomic mass is 19.1. The van der Waals surface area contributed by atoms with Crippen LogP contribution in [-0.4, -0.2) is 25.7 Å². The van der Waals surface area contributed by atoms with Gasteiger partial charge in [-0.1, -0.05) is 38.5 Å². The van der Waals surface area contributed by atoms with Crippen LogP contribution >= 0.6 is 0 Å². The predicted octanol–water partition coefficient (Wildman–Crippen LogP) is 2.84. The summed E-state index contributed by atoms with van der Waals surface area (Å²) in [6.45, 7) is 7.08. The van der Waals surface area contributed by atoms with Crippen LogP contribution in [0, 0.1) is 5.82 Å². The molecule has 1 atom stereocenters. The van der Waals surface area contributed by atoms with Crippen LogP contribution in [0.25, 0.3) is 0 Å². The topological polar surface area (TPSA) is 24.1 Å². The summed E-state index contributed by atoms with van der Waals surface area (Å²) in [5, 5.41) is 7.01. The van der Waals surface area contributed by atoms with E-state index in [4.69, 9.17) is 0 Å². The minimum Gasteiger partial charge on any atom is -0.314 e. The van der Waals surface area contributed by atoms with E-state index in [0.29, 0.717) is 6.04 Å². The lowest BCUT2D eigenvalue weighted by Crippen LogP contribution is -2.44. The van der Waals surface area contributed by atoms with Crippen molar-refractivity contribution in [3.05, 3.63) is 35.6 Å². The van der Waals surface area contributed by atoms with Crippen molar-refractivity contribution >= 4 is 0 Å². The molecule has 106 valence electrons. The SMILES string of the molecule is CC(C)(CNCC1CCCCN1)c1ccccc1F. The van der Waals surface area contributed by atoms with Gasteiger partial charge in [-0.25, -0.2) is 4.39 Å². The van der Waals surface area contributed by atoms with Crippen molar-refractivity contribution in [1.82, 2.24) is 10.6 Å². The minimum atomic E-state index is -0.181. The van der Waals surface area contributed by atoms with E-state index in [1.54, 1.807) is 12.1 Å². The van der Waals surface area contributed by atoms with Gasteiger partial charge in [0.05, 0.1) is 0 Å².